The molecular weight excluding hydrogens is 292 g/mol. The third-order valence-electron chi connectivity index (χ3n) is 2.89. The molecule has 0 aliphatic heterocycles. The van der Waals surface area contributed by atoms with Gasteiger partial charge in [0.15, 0.2) is 11.6 Å². The van der Waals surface area contributed by atoms with Crippen molar-refractivity contribution in [1.29, 1.82) is 0 Å². The number of hydrogen-bond acceptors (Lipinski definition) is 3. The molecule has 1 unspecified atom stereocenters. The van der Waals surface area contributed by atoms with E-state index in [9.17, 15) is 13.6 Å². The van der Waals surface area contributed by atoms with Crippen molar-refractivity contribution >= 4 is 5.91 Å². The zero-order valence-corrected chi connectivity index (χ0v) is 11.8. The highest BCUT2D eigenvalue weighted by Crippen LogP contribution is 2.25. The van der Waals surface area contributed by atoms with E-state index in [1.165, 1.54) is 30.3 Å². The normalized spacial score (nSPS) is 11.8. The van der Waals surface area contributed by atoms with Crippen molar-refractivity contribution < 1.29 is 23.4 Å². The SMILES string of the molecule is CC(CO)NC(=O)c1ccc(Oc2ccc(F)cc2F)cc1. The van der Waals surface area contributed by atoms with Crippen LogP contribution in [-0.2, 0) is 0 Å². The Bertz CT molecular complexity index is 659. The standard InChI is InChI=1S/C16H15F2NO3/c1-10(9-20)19-16(21)11-2-5-13(6-3-11)22-15-7-4-12(17)8-14(15)18/h2-8,10,20H,9H2,1H3,(H,19,21). The van der Waals surface area contributed by atoms with Crippen LogP contribution in [0.2, 0.25) is 0 Å². The molecule has 0 saturated heterocycles. The average molecular weight is 307 g/mol. The quantitative estimate of drug-likeness (QED) is 0.893. The molecule has 0 aromatic heterocycles. The van der Waals surface area contributed by atoms with Crippen LogP contribution in [0.4, 0.5) is 8.78 Å². The summed E-state index contributed by atoms with van der Waals surface area (Å²) in [4.78, 5) is 11.8. The van der Waals surface area contributed by atoms with E-state index in [0.29, 0.717) is 11.3 Å². The monoisotopic (exact) mass is 307 g/mol. The van der Waals surface area contributed by atoms with Crippen LogP contribution in [0, 0.1) is 11.6 Å². The number of rotatable bonds is 5. The van der Waals surface area contributed by atoms with Gasteiger partial charge in [0.25, 0.3) is 5.91 Å². The van der Waals surface area contributed by atoms with Gasteiger partial charge in [-0.15, -0.1) is 0 Å². The predicted octanol–water partition coefficient (Wildman–Crippen LogP) is 2.87. The fourth-order valence-electron chi connectivity index (χ4n) is 1.71. The highest BCUT2D eigenvalue weighted by atomic mass is 19.1. The van der Waals surface area contributed by atoms with Crippen LogP contribution in [0.25, 0.3) is 0 Å². The van der Waals surface area contributed by atoms with Gasteiger partial charge < -0.3 is 15.2 Å². The Morgan fingerprint density at radius 2 is 1.91 bits per heavy atom. The van der Waals surface area contributed by atoms with Crippen molar-refractivity contribution in [3.05, 3.63) is 59.7 Å². The molecule has 0 aliphatic carbocycles. The second-order valence-corrected chi connectivity index (χ2v) is 4.76. The molecule has 0 saturated carbocycles. The van der Waals surface area contributed by atoms with Crippen LogP contribution in [0.5, 0.6) is 11.5 Å². The molecule has 1 amide bonds. The zero-order valence-electron chi connectivity index (χ0n) is 11.8. The molecule has 2 aromatic rings. The minimum atomic E-state index is -0.807. The number of ether oxygens (including phenoxy) is 1. The Morgan fingerprint density at radius 3 is 2.50 bits per heavy atom. The van der Waals surface area contributed by atoms with Gasteiger partial charge in [-0.25, -0.2) is 8.78 Å². The molecule has 2 rings (SSSR count). The minimum absolute atomic E-state index is 0.104. The molecule has 2 N–H and O–H groups in total. The summed E-state index contributed by atoms with van der Waals surface area (Å²) in [5, 5.41) is 11.5. The number of aliphatic hydroxyl groups is 1. The molecule has 2 aromatic carbocycles. The molecular formula is C16H15F2NO3. The molecule has 116 valence electrons. The maximum absolute atomic E-state index is 13.5. The van der Waals surface area contributed by atoms with E-state index in [2.05, 4.69) is 5.32 Å². The second kappa shape index (κ2) is 7.00. The van der Waals surface area contributed by atoms with Crippen LogP contribution in [0.1, 0.15) is 17.3 Å². The third kappa shape index (κ3) is 4.02. The number of nitrogens with one attached hydrogen (secondary N) is 1. The topological polar surface area (TPSA) is 58.6 Å². The van der Waals surface area contributed by atoms with Crippen molar-refractivity contribution in [1.82, 2.24) is 5.32 Å². The molecule has 6 heteroatoms. The van der Waals surface area contributed by atoms with Gasteiger partial charge in [0.2, 0.25) is 0 Å². The van der Waals surface area contributed by atoms with Gasteiger partial charge in [-0.05, 0) is 43.3 Å². The van der Waals surface area contributed by atoms with E-state index in [-0.39, 0.29) is 24.3 Å². The van der Waals surface area contributed by atoms with Crippen molar-refractivity contribution in [3.8, 4) is 11.5 Å². The number of aliphatic hydroxyl groups excluding tert-OH is 1. The molecule has 0 aliphatic rings. The Labute approximate surface area is 126 Å². The smallest absolute Gasteiger partial charge is 0.251 e. The zero-order chi connectivity index (χ0) is 16.1. The maximum Gasteiger partial charge on any atom is 0.251 e. The van der Waals surface area contributed by atoms with Crippen molar-refractivity contribution in [3.63, 3.8) is 0 Å². The highest BCUT2D eigenvalue weighted by Gasteiger charge is 2.10. The van der Waals surface area contributed by atoms with E-state index in [1.54, 1.807) is 6.92 Å². The second-order valence-electron chi connectivity index (χ2n) is 4.76. The first-order chi connectivity index (χ1) is 10.5. The fraction of sp³-hybridized carbons (Fsp3) is 0.188. The molecule has 4 nitrogen and oxygen atoms in total. The van der Waals surface area contributed by atoms with Crippen molar-refractivity contribution in [2.24, 2.45) is 0 Å². The first kappa shape index (κ1) is 15.9. The van der Waals surface area contributed by atoms with Crippen LogP contribution in [0.3, 0.4) is 0 Å². The van der Waals surface area contributed by atoms with E-state index >= 15 is 0 Å². The number of halogens is 2. The summed E-state index contributed by atoms with van der Waals surface area (Å²) >= 11 is 0. The molecule has 1 atom stereocenters. The lowest BCUT2D eigenvalue weighted by atomic mass is 10.2. The molecule has 0 heterocycles. The van der Waals surface area contributed by atoms with Crippen LogP contribution in [-0.4, -0.2) is 23.7 Å². The van der Waals surface area contributed by atoms with Gasteiger partial charge in [0.05, 0.1) is 6.61 Å². The molecule has 22 heavy (non-hydrogen) atoms. The van der Waals surface area contributed by atoms with Crippen molar-refractivity contribution in [2.45, 2.75) is 13.0 Å². The summed E-state index contributed by atoms with van der Waals surface area (Å²) in [6, 6.07) is 8.68. The van der Waals surface area contributed by atoms with Gasteiger partial charge in [-0.1, -0.05) is 0 Å². The average Bonchev–Trinajstić information content (AvgIpc) is 2.50. The molecule has 0 radical (unpaired) electrons. The Kier molecular flexibility index (Phi) is 5.06. The van der Waals surface area contributed by atoms with E-state index in [1.807, 2.05) is 0 Å². The van der Waals surface area contributed by atoms with Crippen molar-refractivity contribution in [2.75, 3.05) is 6.61 Å². The first-order valence-electron chi connectivity index (χ1n) is 6.64. The Balaban J connectivity index is 2.07. The van der Waals surface area contributed by atoms with Gasteiger partial charge in [-0.2, -0.15) is 0 Å². The fourth-order valence-corrected chi connectivity index (χ4v) is 1.71. The number of carbonyl (C=O) groups is 1. The number of amides is 1. The van der Waals surface area contributed by atoms with Crippen LogP contribution < -0.4 is 10.1 Å². The van der Waals surface area contributed by atoms with Gasteiger partial charge in [-0.3, -0.25) is 4.79 Å². The lowest BCUT2D eigenvalue weighted by molar-refractivity contribution is 0.0922. The lowest BCUT2D eigenvalue weighted by Crippen LogP contribution is -2.34. The Morgan fingerprint density at radius 1 is 1.23 bits per heavy atom. The highest BCUT2D eigenvalue weighted by molar-refractivity contribution is 5.94. The number of carbonyl (C=O) groups excluding carboxylic acids is 1. The molecule has 0 spiro atoms. The van der Waals surface area contributed by atoms with Gasteiger partial charge in [0, 0.05) is 17.7 Å². The first-order valence-corrected chi connectivity index (χ1v) is 6.64. The Hall–Kier alpha value is -2.47. The molecule has 0 fully saturated rings. The van der Waals surface area contributed by atoms with E-state index in [0.717, 1.165) is 12.1 Å². The largest absolute Gasteiger partial charge is 0.454 e. The third-order valence-corrected chi connectivity index (χ3v) is 2.89. The van der Waals surface area contributed by atoms with E-state index in [4.69, 9.17) is 9.84 Å². The van der Waals surface area contributed by atoms with E-state index < -0.39 is 11.6 Å². The minimum Gasteiger partial charge on any atom is -0.454 e. The van der Waals surface area contributed by atoms with Crippen LogP contribution in [0.15, 0.2) is 42.5 Å². The summed E-state index contributed by atoms with van der Waals surface area (Å²) in [5.74, 6) is -1.61. The summed E-state index contributed by atoms with van der Waals surface area (Å²) in [6.07, 6.45) is 0. The summed E-state index contributed by atoms with van der Waals surface area (Å²) < 4.78 is 31.6. The van der Waals surface area contributed by atoms with Crippen LogP contribution >= 0.6 is 0 Å². The number of hydrogen-bond donors (Lipinski definition) is 2. The summed E-state index contributed by atoms with van der Waals surface area (Å²) in [6.45, 7) is 1.52. The number of benzene rings is 2. The molecule has 0 bridgehead atoms. The van der Waals surface area contributed by atoms with Gasteiger partial charge in [0.1, 0.15) is 11.6 Å². The summed E-state index contributed by atoms with van der Waals surface area (Å²) in [7, 11) is 0. The van der Waals surface area contributed by atoms with Gasteiger partial charge >= 0.3 is 0 Å². The summed E-state index contributed by atoms with van der Waals surface area (Å²) in [5.41, 5.74) is 0.382. The lowest BCUT2D eigenvalue weighted by Gasteiger charge is -2.11. The predicted molar refractivity (Wildman–Crippen MR) is 76.9 cm³/mol. The maximum atomic E-state index is 13.5.